The molecule has 92 valence electrons. The smallest absolute Gasteiger partial charge is 0.251 e. The van der Waals surface area contributed by atoms with Crippen LogP contribution in [0.4, 0.5) is 0 Å². The van der Waals surface area contributed by atoms with Crippen LogP contribution in [0.3, 0.4) is 0 Å². The molecule has 6 heteroatoms. The van der Waals surface area contributed by atoms with Gasteiger partial charge in [0.05, 0.1) is 0 Å². The maximum absolute atomic E-state index is 11.2. The van der Waals surface area contributed by atoms with Gasteiger partial charge in [-0.2, -0.15) is 0 Å². The number of aromatic nitrogens is 2. The molecule has 1 heterocycles. The van der Waals surface area contributed by atoms with Gasteiger partial charge in [0, 0.05) is 22.7 Å². The third-order valence-corrected chi connectivity index (χ3v) is 3.24. The summed E-state index contributed by atoms with van der Waals surface area (Å²) in [5.74, 6) is -0.00391. The summed E-state index contributed by atoms with van der Waals surface area (Å²) in [4.78, 5) is 18.7. The Morgan fingerprint density at radius 1 is 1.44 bits per heavy atom. The highest BCUT2D eigenvalue weighted by atomic mass is 32.2. The average molecular weight is 260 g/mol. The van der Waals surface area contributed by atoms with Crippen molar-refractivity contribution in [1.29, 1.82) is 5.41 Å². The van der Waals surface area contributed by atoms with Gasteiger partial charge in [-0.3, -0.25) is 10.2 Å². The number of nitrogen functional groups attached to an aromatic ring is 1. The molecule has 4 N–H and O–H groups in total. The van der Waals surface area contributed by atoms with Crippen LogP contribution in [-0.4, -0.2) is 15.8 Å². The van der Waals surface area contributed by atoms with Crippen molar-refractivity contribution < 1.29 is 0 Å². The second-order valence-electron chi connectivity index (χ2n) is 3.75. The van der Waals surface area contributed by atoms with Crippen LogP contribution >= 0.6 is 11.8 Å². The van der Waals surface area contributed by atoms with Gasteiger partial charge in [0.2, 0.25) is 0 Å². The first-order valence-corrected chi connectivity index (χ1v) is 6.06. The normalized spacial score (nSPS) is 10.3. The van der Waals surface area contributed by atoms with Crippen molar-refractivity contribution in [3.8, 4) is 0 Å². The molecule has 0 amide bonds. The first-order chi connectivity index (χ1) is 8.56. The Labute approximate surface area is 108 Å². The zero-order valence-corrected chi connectivity index (χ0v) is 10.5. The van der Waals surface area contributed by atoms with E-state index in [9.17, 15) is 4.79 Å². The average Bonchev–Trinajstić information content (AvgIpc) is 2.28. The van der Waals surface area contributed by atoms with E-state index in [-0.39, 0.29) is 11.4 Å². The monoisotopic (exact) mass is 260 g/mol. The Morgan fingerprint density at radius 3 is 2.89 bits per heavy atom. The van der Waals surface area contributed by atoms with Gasteiger partial charge in [0.25, 0.3) is 5.56 Å². The van der Waals surface area contributed by atoms with E-state index in [0.717, 1.165) is 10.5 Å². The third kappa shape index (κ3) is 2.78. The maximum atomic E-state index is 11.2. The van der Waals surface area contributed by atoms with E-state index in [1.807, 2.05) is 19.1 Å². The molecule has 0 unspecified atom stereocenters. The van der Waals surface area contributed by atoms with E-state index in [4.69, 9.17) is 11.1 Å². The Morgan fingerprint density at radius 2 is 2.22 bits per heavy atom. The number of rotatable bonds is 3. The van der Waals surface area contributed by atoms with Crippen LogP contribution in [0.1, 0.15) is 11.1 Å². The lowest BCUT2D eigenvalue weighted by Gasteiger charge is -2.08. The molecular formula is C12H12N4OS. The highest BCUT2D eigenvalue weighted by Gasteiger charge is 2.08. The summed E-state index contributed by atoms with van der Waals surface area (Å²) in [5, 5.41) is 8.01. The lowest BCUT2D eigenvalue weighted by Crippen LogP contribution is -2.12. The summed E-state index contributed by atoms with van der Waals surface area (Å²) in [7, 11) is 0. The van der Waals surface area contributed by atoms with Crippen molar-refractivity contribution in [1.82, 2.24) is 9.97 Å². The van der Waals surface area contributed by atoms with Gasteiger partial charge in [0.1, 0.15) is 5.84 Å². The second kappa shape index (κ2) is 5.05. The number of hydrogen-bond acceptors (Lipinski definition) is 4. The SMILES string of the molecule is Cc1ccc(C(=N)N)c(Sc2nccc(=O)[nH]2)c1. The van der Waals surface area contributed by atoms with Crippen molar-refractivity contribution >= 4 is 17.6 Å². The molecule has 2 rings (SSSR count). The van der Waals surface area contributed by atoms with Crippen LogP contribution in [0.25, 0.3) is 0 Å². The molecule has 0 spiro atoms. The molecule has 0 atom stereocenters. The number of benzene rings is 1. The van der Waals surface area contributed by atoms with Crippen molar-refractivity contribution in [2.75, 3.05) is 0 Å². The Hall–Kier alpha value is -2.08. The first kappa shape index (κ1) is 12.4. The second-order valence-corrected chi connectivity index (χ2v) is 4.79. The van der Waals surface area contributed by atoms with E-state index in [0.29, 0.717) is 10.7 Å². The number of aromatic amines is 1. The molecular weight excluding hydrogens is 248 g/mol. The van der Waals surface area contributed by atoms with Crippen LogP contribution in [0.2, 0.25) is 0 Å². The molecule has 1 aromatic carbocycles. The molecule has 0 aliphatic carbocycles. The quantitative estimate of drug-likeness (QED) is 0.443. The van der Waals surface area contributed by atoms with Crippen LogP contribution in [0, 0.1) is 12.3 Å². The molecule has 18 heavy (non-hydrogen) atoms. The lowest BCUT2D eigenvalue weighted by molar-refractivity contribution is 0.936. The first-order valence-electron chi connectivity index (χ1n) is 5.24. The summed E-state index contributed by atoms with van der Waals surface area (Å²) in [5.41, 5.74) is 7.01. The van der Waals surface area contributed by atoms with Crippen molar-refractivity contribution in [3.05, 3.63) is 51.9 Å². The van der Waals surface area contributed by atoms with Crippen LogP contribution in [0.5, 0.6) is 0 Å². The van der Waals surface area contributed by atoms with Gasteiger partial charge in [-0.1, -0.05) is 17.8 Å². The highest BCUT2D eigenvalue weighted by Crippen LogP contribution is 2.28. The summed E-state index contributed by atoms with van der Waals surface area (Å²) in [6.07, 6.45) is 1.45. The number of H-pyrrole nitrogens is 1. The Balaban J connectivity index is 2.42. The molecule has 0 aliphatic heterocycles. The molecule has 0 saturated carbocycles. The lowest BCUT2D eigenvalue weighted by atomic mass is 10.1. The summed E-state index contributed by atoms with van der Waals surface area (Å²) in [6.45, 7) is 1.95. The van der Waals surface area contributed by atoms with Crippen molar-refractivity contribution in [3.63, 3.8) is 0 Å². The summed E-state index contributed by atoms with van der Waals surface area (Å²) in [6, 6.07) is 6.95. The molecule has 0 radical (unpaired) electrons. The highest BCUT2D eigenvalue weighted by molar-refractivity contribution is 7.99. The molecule has 0 saturated heterocycles. The predicted molar refractivity (Wildman–Crippen MR) is 71.2 cm³/mol. The number of hydrogen-bond donors (Lipinski definition) is 3. The number of nitrogens with zero attached hydrogens (tertiary/aromatic N) is 1. The van der Waals surface area contributed by atoms with Crippen LogP contribution in [-0.2, 0) is 0 Å². The molecule has 1 aromatic heterocycles. The van der Waals surface area contributed by atoms with E-state index in [2.05, 4.69) is 9.97 Å². The molecule has 5 nitrogen and oxygen atoms in total. The minimum Gasteiger partial charge on any atom is -0.384 e. The fourth-order valence-corrected chi connectivity index (χ4v) is 2.45. The van der Waals surface area contributed by atoms with Crippen LogP contribution < -0.4 is 11.3 Å². The maximum Gasteiger partial charge on any atom is 0.251 e. The molecule has 2 aromatic rings. The van der Waals surface area contributed by atoms with Gasteiger partial charge in [0.15, 0.2) is 5.16 Å². The van der Waals surface area contributed by atoms with Gasteiger partial charge in [-0.05, 0) is 24.6 Å². The number of amidine groups is 1. The number of nitrogens with one attached hydrogen (secondary N) is 2. The van der Waals surface area contributed by atoms with Gasteiger partial charge in [-0.25, -0.2) is 4.98 Å². The minimum atomic E-state index is -0.204. The molecule has 0 fully saturated rings. The standard InChI is InChI=1S/C12H12N4OS/c1-7-2-3-8(11(13)14)9(6-7)18-12-15-5-4-10(17)16-12/h2-6H,1H3,(H3,13,14)(H,15,16,17). The summed E-state index contributed by atoms with van der Waals surface area (Å²) >= 11 is 1.28. The topological polar surface area (TPSA) is 95.6 Å². The Kier molecular flexibility index (Phi) is 3.47. The van der Waals surface area contributed by atoms with Crippen LogP contribution in [0.15, 0.2) is 45.3 Å². The van der Waals surface area contributed by atoms with E-state index >= 15 is 0 Å². The van der Waals surface area contributed by atoms with Gasteiger partial charge < -0.3 is 10.7 Å². The largest absolute Gasteiger partial charge is 0.384 e. The molecule has 0 bridgehead atoms. The third-order valence-electron chi connectivity index (χ3n) is 2.28. The fraction of sp³-hybridized carbons (Fsp3) is 0.0833. The molecule has 0 aliphatic rings. The Bertz CT molecular complexity index is 651. The zero-order valence-electron chi connectivity index (χ0n) is 9.73. The van der Waals surface area contributed by atoms with Crippen molar-refractivity contribution in [2.24, 2.45) is 5.73 Å². The van der Waals surface area contributed by atoms with E-state index in [1.165, 1.54) is 24.0 Å². The van der Waals surface area contributed by atoms with Gasteiger partial charge >= 0.3 is 0 Å². The van der Waals surface area contributed by atoms with E-state index in [1.54, 1.807) is 6.07 Å². The van der Waals surface area contributed by atoms with E-state index < -0.39 is 0 Å². The fourth-order valence-electron chi connectivity index (χ4n) is 1.44. The van der Waals surface area contributed by atoms with Crippen molar-refractivity contribution in [2.45, 2.75) is 17.0 Å². The zero-order chi connectivity index (χ0) is 13.1. The van der Waals surface area contributed by atoms with Gasteiger partial charge in [-0.15, -0.1) is 0 Å². The number of nitrogens with two attached hydrogens (primary N) is 1. The minimum absolute atomic E-state index is 0.00391. The predicted octanol–water partition coefficient (Wildman–Crippen LogP) is 1.51. The number of aryl methyl sites for hydroxylation is 1. The summed E-state index contributed by atoms with van der Waals surface area (Å²) < 4.78 is 0.